The van der Waals surface area contributed by atoms with Crippen molar-refractivity contribution in [3.05, 3.63) is 83.4 Å². The number of amides is 1. The van der Waals surface area contributed by atoms with Crippen LogP contribution in [0.1, 0.15) is 25.1 Å². The summed E-state index contributed by atoms with van der Waals surface area (Å²) < 4.78 is 5.85. The fourth-order valence-electron chi connectivity index (χ4n) is 3.48. The molecule has 0 aliphatic carbocycles. The van der Waals surface area contributed by atoms with Crippen LogP contribution in [0.3, 0.4) is 0 Å². The molecule has 2 aromatic heterocycles. The third-order valence-electron chi connectivity index (χ3n) is 5.57. The fourth-order valence-corrected chi connectivity index (χ4v) is 3.70. The number of fused-ring (bicyclic) bond motifs is 1. The molecular formula is C28H28ClN5O3. The van der Waals surface area contributed by atoms with Gasteiger partial charge in [0.25, 0.3) is 0 Å². The molecule has 3 N–H and O–H groups in total. The maximum Gasteiger partial charge on any atom is 0.249 e. The SMILES string of the molecule is Cc1ccc(Oc2ccc(Nc3ncnc4ccc(C=CCNC(=O)C(O)C(C)C)cc34)cc2Cl)cn1. The van der Waals surface area contributed by atoms with E-state index in [-0.39, 0.29) is 11.8 Å². The molecule has 0 fully saturated rings. The van der Waals surface area contributed by atoms with Gasteiger partial charge in [-0.05, 0) is 60.9 Å². The summed E-state index contributed by atoms with van der Waals surface area (Å²) in [6, 6.07) is 14.9. The second-order valence-corrected chi connectivity index (χ2v) is 9.25. The van der Waals surface area contributed by atoms with Crippen LogP contribution in [0.25, 0.3) is 17.0 Å². The number of aliphatic hydroxyl groups is 1. The van der Waals surface area contributed by atoms with Crippen LogP contribution in [-0.4, -0.2) is 38.6 Å². The summed E-state index contributed by atoms with van der Waals surface area (Å²) in [4.78, 5) is 24.9. The number of hydrogen-bond donors (Lipinski definition) is 3. The van der Waals surface area contributed by atoms with E-state index in [0.29, 0.717) is 28.9 Å². The Hall–Kier alpha value is -4.01. The smallest absolute Gasteiger partial charge is 0.249 e. The number of pyridine rings is 1. The van der Waals surface area contributed by atoms with E-state index in [4.69, 9.17) is 16.3 Å². The van der Waals surface area contributed by atoms with Gasteiger partial charge in [0.1, 0.15) is 29.7 Å². The number of nitrogens with zero attached hydrogens (tertiary/aromatic N) is 3. The Balaban J connectivity index is 1.47. The summed E-state index contributed by atoms with van der Waals surface area (Å²) in [5, 5.41) is 17.1. The van der Waals surface area contributed by atoms with Gasteiger partial charge in [-0.15, -0.1) is 0 Å². The first-order chi connectivity index (χ1) is 17.8. The monoisotopic (exact) mass is 517 g/mol. The van der Waals surface area contributed by atoms with Gasteiger partial charge >= 0.3 is 0 Å². The van der Waals surface area contributed by atoms with Crippen LogP contribution >= 0.6 is 11.6 Å². The molecule has 4 aromatic rings. The first kappa shape index (κ1) is 26.1. The Morgan fingerprint density at radius 3 is 2.68 bits per heavy atom. The molecule has 0 saturated heterocycles. The van der Waals surface area contributed by atoms with Gasteiger partial charge in [-0.1, -0.05) is 43.7 Å². The molecule has 1 atom stereocenters. The van der Waals surface area contributed by atoms with Crippen molar-refractivity contribution < 1.29 is 14.6 Å². The van der Waals surface area contributed by atoms with Gasteiger partial charge in [-0.25, -0.2) is 9.97 Å². The molecule has 1 amide bonds. The average molecular weight is 518 g/mol. The Kier molecular flexibility index (Phi) is 8.32. The highest BCUT2D eigenvalue weighted by Crippen LogP contribution is 2.33. The average Bonchev–Trinajstić information content (AvgIpc) is 2.89. The molecule has 1 unspecified atom stereocenters. The first-order valence-corrected chi connectivity index (χ1v) is 12.2. The quantitative estimate of drug-likeness (QED) is 0.262. The van der Waals surface area contributed by atoms with E-state index in [9.17, 15) is 9.90 Å². The minimum atomic E-state index is -1.02. The predicted octanol–water partition coefficient (Wildman–Crippen LogP) is 5.67. The zero-order valence-corrected chi connectivity index (χ0v) is 21.5. The Labute approximate surface area is 220 Å². The molecular weight excluding hydrogens is 490 g/mol. The zero-order valence-electron chi connectivity index (χ0n) is 20.8. The molecule has 0 saturated carbocycles. The van der Waals surface area contributed by atoms with Crippen molar-refractivity contribution in [1.29, 1.82) is 0 Å². The van der Waals surface area contributed by atoms with Gasteiger partial charge in [0, 0.05) is 23.3 Å². The lowest BCUT2D eigenvalue weighted by atomic mass is 10.1. The van der Waals surface area contributed by atoms with Crippen LogP contribution in [0.15, 0.2) is 67.1 Å². The Morgan fingerprint density at radius 2 is 1.95 bits per heavy atom. The number of aryl methyl sites for hydroxylation is 1. The minimum Gasteiger partial charge on any atom is -0.454 e. The number of hydrogen-bond acceptors (Lipinski definition) is 7. The van der Waals surface area contributed by atoms with Crippen LogP contribution in [-0.2, 0) is 4.79 Å². The molecule has 190 valence electrons. The van der Waals surface area contributed by atoms with E-state index in [2.05, 4.69) is 25.6 Å². The van der Waals surface area contributed by atoms with E-state index in [1.165, 1.54) is 6.33 Å². The molecule has 37 heavy (non-hydrogen) atoms. The maximum absolute atomic E-state index is 11.9. The third-order valence-corrected chi connectivity index (χ3v) is 5.87. The molecule has 0 radical (unpaired) electrons. The Morgan fingerprint density at radius 1 is 1.11 bits per heavy atom. The number of ether oxygens (including phenoxy) is 1. The van der Waals surface area contributed by atoms with Crippen molar-refractivity contribution in [2.45, 2.75) is 26.9 Å². The van der Waals surface area contributed by atoms with Gasteiger partial charge in [-0.3, -0.25) is 9.78 Å². The van der Waals surface area contributed by atoms with E-state index >= 15 is 0 Å². The molecule has 9 heteroatoms. The lowest BCUT2D eigenvalue weighted by Gasteiger charge is -2.13. The maximum atomic E-state index is 11.9. The van der Waals surface area contributed by atoms with Crippen molar-refractivity contribution in [2.24, 2.45) is 5.92 Å². The topological polar surface area (TPSA) is 109 Å². The summed E-state index contributed by atoms with van der Waals surface area (Å²) in [5.74, 6) is 1.22. The molecule has 8 nitrogen and oxygen atoms in total. The number of halogens is 1. The van der Waals surface area contributed by atoms with Crippen molar-refractivity contribution in [1.82, 2.24) is 20.3 Å². The largest absolute Gasteiger partial charge is 0.454 e. The summed E-state index contributed by atoms with van der Waals surface area (Å²) in [5.41, 5.74) is 3.34. The highest BCUT2D eigenvalue weighted by molar-refractivity contribution is 6.32. The molecule has 2 aromatic carbocycles. The van der Waals surface area contributed by atoms with Crippen molar-refractivity contribution in [3.8, 4) is 11.5 Å². The van der Waals surface area contributed by atoms with Gasteiger partial charge in [-0.2, -0.15) is 0 Å². The van der Waals surface area contributed by atoms with Crippen molar-refractivity contribution in [3.63, 3.8) is 0 Å². The van der Waals surface area contributed by atoms with Gasteiger partial charge < -0.3 is 20.5 Å². The van der Waals surface area contributed by atoms with Crippen LogP contribution in [0.4, 0.5) is 11.5 Å². The number of anilines is 2. The van der Waals surface area contributed by atoms with Gasteiger partial charge in [0.05, 0.1) is 16.7 Å². The van der Waals surface area contributed by atoms with Crippen molar-refractivity contribution >= 4 is 46.0 Å². The lowest BCUT2D eigenvalue weighted by Crippen LogP contribution is -2.37. The van der Waals surface area contributed by atoms with Gasteiger partial charge in [0.15, 0.2) is 0 Å². The molecule has 4 rings (SSSR count). The highest BCUT2D eigenvalue weighted by atomic mass is 35.5. The first-order valence-electron chi connectivity index (χ1n) is 11.8. The summed E-state index contributed by atoms with van der Waals surface area (Å²) in [6.45, 7) is 5.81. The van der Waals surface area contributed by atoms with Crippen LogP contribution in [0.5, 0.6) is 11.5 Å². The van der Waals surface area contributed by atoms with Crippen LogP contribution < -0.4 is 15.4 Å². The third kappa shape index (κ3) is 6.81. The summed E-state index contributed by atoms with van der Waals surface area (Å²) >= 11 is 6.48. The molecule has 0 aliphatic heterocycles. The number of rotatable bonds is 9. The van der Waals surface area contributed by atoms with E-state index in [1.54, 1.807) is 32.2 Å². The minimum absolute atomic E-state index is 0.139. The number of benzene rings is 2. The standard InChI is InChI=1S/C28H28ClN5O3/c1-17(2)26(35)28(36)30-12-4-5-19-7-10-24-22(13-19)27(33-16-32-24)34-20-8-11-25(23(29)14-20)37-21-9-6-18(3)31-15-21/h4-11,13-17,26,35H,12H2,1-3H3,(H,30,36)(H,32,33,34). The molecule has 2 heterocycles. The van der Waals surface area contributed by atoms with Crippen molar-refractivity contribution in [2.75, 3.05) is 11.9 Å². The normalized spacial score (nSPS) is 12.2. The molecule has 0 aliphatic rings. The lowest BCUT2D eigenvalue weighted by molar-refractivity contribution is -0.131. The number of nitrogens with one attached hydrogen (secondary N) is 2. The number of carbonyl (C=O) groups excluding carboxylic acids is 1. The number of aromatic nitrogens is 3. The molecule has 0 spiro atoms. The Bertz CT molecular complexity index is 1420. The second kappa shape index (κ2) is 11.8. The highest BCUT2D eigenvalue weighted by Gasteiger charge is 2.17. The number of aliphatic hydroxyl groups excluding tert-OH is 1. The fraction of sp³-hybridized carbons (Fsp3) is 0.214. The van der Waals surface area contributed by atoms with Crippen LogP contribution in [0, 0.1) is 12.8 Å². The van der Waals surface area contributed by atoms with E-state index in [0.717, 1.165) is 27.8 Å². The van der Waals surface area contributed by atoms with E-state index in [1.807, 2.05) is 55.5 Å². The summed E-state index contributed by atoms with van der Waals surface area (Å²) in [7, 11) is 0. The number of carbonyl (C=O) groups is 1. The second-order valence-electron chi connectivity index (χ2n) is 8.84. The zero-order chi connectivity index (χ0) is 26.4. The van der Waals surface area contributed by atoms with E-state index < -0.39 is 6.10 Å². The summed E-state index contributed by atoms with van der Waals surface area (Å²) in [6.07, 6.45) is 5.85. The molecule has 0 bridgehead atoms. The van der Waals surface area contributed by atoms with Gasteiger partial charge in [0.2, 0.25) is 5.91 Å². The predicted molar refractivity (Wildman–Crippen MR) is 146 cm³/mol. The van der Waals surface area contributed by atoms with Crippen LogP contribution in [0.2, 0.25) is 5.02 Å².